The molecule has 98 valence electrons. The van der Waals surface area contributed by atoms with Crippen LogP contribution in [0.5, 0.6) is 0 Å². The van der Waals surface area contributed by atoms with Crippen LogP contribution in [0.4, 0.5) is 5.69 Å². The normalized spacial score (nSPS) is 16.5. The van der Waals surface area contributed by atoms with Crippen molar-refractivity contribution in [2.45, 2.75) is 13.5 Å². The number of carbonyl (C=O) groups excluding carboxylic acids is 2. The van der Waals surface area contributed by atoms with Crippen molar-refractivity contribution in [2.75, 3.05) is 31.9 Å². The monoisotopic (exact) mass is 251 g/mol. The van der Waals surface area contributed by atoms with Crippen LogP contribution in [-0.4, -0.2) is 57.6 Å². The molecule has 0 aliphatic carbocycles. The van der Waals surface area contributed by atoms with Gasteiger partial charge in [-0.3, -0.25) is 14.3 Å². The third kappa shape index (κ3) is 2.61. The maximum absolute atomic E-state index is 11.8. The van der Waals surface area contributed by atoms with Gasteiger partial charge in [0.2, 0.25) is 11.8 Å². The number of anilines is 1. The maximum atomic E-state index is 11.8. The zero-order chi connectivity index (χ0) is 13.1. The number of piperazine rings is 1. The van der Waals surface area contributed by atoms with E-state index in [2.05, 4.69) is 5.10 Å². The molecule has 1 aromatic heterocycles. The van der Waals surface area contributed by atoms with Gasteiger partial charge in [-0.15, -0.1) is 0 Å². The molecule has 2 amide bonds. The first-order chi connectivity index (χ1) is 8.60. The van der Waals surface area contributed by atoms with Crippen LogP contribution in [0.25, 0.3) is 0 Å². The molecule has 7 heteroatoms. The van der Waals surface area contributed by atoms with Crippen molar-refractivity contribution in [3.8, 4) is 0 Å². The van der Waals surface area contributed by atoms with E-state index in [0.717, 1.165) is 0 Å². The van der Waals surface area contributed by atoms with E-state index in [1.54, 1.807) is 26.9 Å². The standard InChI is InChI=1S/C11H17N5O2/c1-2-14-7-11(18)15(8-10(14)17)3-4-16-6-9(12)5-13-16/h5-6H,2-4,7-8,12H2,1H3. The molecule has 2 heterocycles. The van der Waals surface area contributed by atoms with Crippen molar-refractivity contribution in [2.24, 2.45) is 0 Å². The SMILES string of the molecule is CCN1CC(=O)N(CCn2cc(N)cn2)CC1=O. The van der Waals surface area contributed by atoms with Crippen LogP contribution < -0.4 is 5.73 Å². The highest BCUT2D eigenvalue weighted by molar-refractivity contribution is 5.92. The van der Waals surface area contributed by atoms with E-state index < -0.39 is 0 Å². The fourth-order valence-electron chi connectivity index (χ4n) is 1.92. The number of nitrogen functional groups attached to an aromatic ring is 1. The first kappa shape index (κ1) is 12.4. The second-order valence-electron chi connectivity index (χ2n) is 4.26. The highest BCUT2D eigenvalue weighted by Gasteiger charge is 2.28. The minimum Gasteiger partial charge on any atom is -0.396 e. The molecule has 1 aliphatic heterocycles. The van der Waals surface area contributed by atoms with Gasteiger partial charge in [0, 0.05) is 19.3 Å². The van der Waals surface area contributed by atoms with E-state index in [1.807, 2.05) is 6.92 Å². The quantitative estimate of drug-likeness (QED) is 0.756. The van der Waals surface area contributed by atoms with E-state index in [-0.39, 0.29) is 24.9 Å². The summed E-state index contributed by atoms with van der Waals surface area (Å²) >= 11 is 0. The fraction of sp³-hybridized carbons (Fsp3) is 0.545. The summed E-state index contributed by atoms with van der Waals surface area (Å²) in [4.78, 5) is 26.6. The predicted octanol–water partition coefficient (Wildman–Crippen LogP) is -0.844. The molecule has 2 rings (SSSR count). The number of hydrogen-bond acceptors (Lipinski definition) is 4. The zero-order valence-electron chi connectivity index (χ0n) is 10.4. The van der Waals surface area contributed by atoms with Crippen molar-refractivity contribution < 1.29 is 9.59 Å². The van der Waals surface area contributed by atoms with E-state index in [0.29, 0.717) is 25.3 Å². The average molecular weight is 251 g/mol. The molecule has 0 radical (unpaired) electrons. The fourth-order valence-corrected chi connectivity index (χ4v) is 1.92. The zero-order valence-corrected chi connectivity index (χ0v) is 10.4. The van der Waals surface area contributed by atoms with Gasteiger partial charge in [0.25, 0.3) is 0 Å². The molecule has 2 N–H and O–H groups in total. The van der Waals surface area contributed by atoms with Crippen molar-refractivity contribution >= 4 is 17.5 Å². The number of amides is 2. The lowest BCUT2D eigenvalue weighted by Gasteiger charge is -2.33. The van der Waals surface area contributed by atoms with Crippen LogP contribution in [0.3, 0.4) is 0 Å². The largest absolute Gasteiger partial charge is 0.396 e. The van der Waals surface area contributed by atoms with Crippen LogP contribution in [0, 0.1) is 0 Å². The summed E-state index contributed by atoms with van der Waals surface area (Å²) in [6.07, 6.45) is 3.26. The number of carbonyl (C=O) groups is 2. The highest BCUT2D eigenvalue weighted by Crippen LogP contribution is 2.05. The minimum absolute atomic E-state index is 0.00270. The molecule has 7 nitrogen and oxygen atoms in total. The van der Waals surface area contributed by atoms with Gasteiger partial charge in [0.05, 0.1) is 31.5 Å². The lowest BCUT2D eigenvalue weighted by molar-refractivity contribution is -0.150. The van der Waals surface area contributed by atoms with Gasteiger partial charge in [-0.25, -0.2) is 0 Å². The Morgan fingerprint density at radius 1 is 1.22 bits per heavy atom. The number of rotatable bonds is 4. The van der Waals surface area contributed by atoms with Gasteiger partial charge < -0.3 is 15.5 Å². The molecule has 1 aliphatic rings. The smallest absolute Gasteiger partial charge is 0.242 e. The van der Waals surface area contributed by atoms with Crippen LogP contribution in [0.2, 0.25) is 0 Å². The Labute approximate surface area is 105 Å². The molecular formula is C11H17N5O2. The molecule has 0 aromatic carbocycles. The molecular weight excluding hydrogens is 234 g/mol. The van der Waals surface area contributed by atoms with Crippen LogP contribution in [0.15, 0.2) is 12.4 Å². The second kappa shape index (κ2) is 5.07. The molecule has 0 unspecified atom stereocenters. The predicted molar refractivity (Wildman–Crippen MR) is 65.5 cm³/mol. The number of likely N-dealkylation sites (N-methyl/N-ethyl adjacent to an activating group) is 1. The summed E-state index contributed by atoms with van der Waals surface area (Å²) in [5.41, 5.74) is 6.14. The Bertz CT molecular complexity index is 456. The van der Waals surface area contributed by atoms with Crippen LogP contribution >= 0.6 is 0 Å². The second-order valence-corrected chi connectivity index (χ2v) is 4.26. The topological polar surface area (TPSA) is 84.5 Å². The summed E-state index contributed by atoms with van der Waals surface area (Å²) in [6.45, 7) is 3.80. The number of nitrogens with two attached hydrogens (primary N) is 1. The first-order valence-corrected chi connectivity index (χ1v) is 5.93. The molecule has 0 bridgehead atoms. The number of hydrogen-bond donors (Lipinski definition) is 1. The third-order valence-corrected chi connectivity index (χ3v) is 2.99. The first-order valence-electron chi connectivity index (χ1n) is 5.93. The van der Waals surface area contributed by atoms with Crippen molar-refractivity contribution in [3.05, 3.63) is 12.4 Å². The lowest BCUT2D eigenvalue weighted by atomic mass is 10.3. The molecule has 1 fully saturated rings. The van der Waals surface area contributed by atoms with Gasteiger partial charge in [-0.05, 0) is 6.92 Å². The van der Waals surface area contributed by atoms with Crippen LogP contribution in [-0.2, 0) is 16.1 Å². The highest BCUT2D eigenvalue weighted by atomic mass is 16.2. The van der Waals surface area contributed by atoms with Crippen molar-refractivity contribution in [1.82, 2.24) is 19.6 Å². The third-order valence-electron chi connectivity index (χ3n) is 2.99. The Balaban J connectivity index is 1.90. The Hall–Kier alpha value is -2.05. The molecule has 0 spiro atoms. The summed E-state index contributed by atoms with van der Waals surface area (Å²) in [5, 5.41) is 4.03. The van der Waals surface area contributed by atoms with Gasteiger partial charge in [0.1, 0.15) is 0 Å². The number of aromatic nitrogens is 2. The lowest BCUT2D eigenvalue weighted by Crippen LogP contribution is -2.54. The summed E-state index contributed by atoms with van der Waals surface area (Å²) in [5.74, 6) is -0.0198. The Kier molecular flexibility index (Phi) is 3.50. The molecule has 18 heavy (non-hydrogen) atoms. The van der Waals surface area contributed by atoms with E-state index >= 15 is 0 Å². The van der Waals surface area contributed by atoms with Gasteiger partial charge in [-0.2, -0.15) is 5.10 Å². The van der Waals surface area contributed by atoms with Gasteiger partial charge in [-0.1, -0.05) is 0 Å². The average Bonchev–Trinajstić information content (AvgIpc) is 2.75. The van der Waals surface area contributed by atoms with Gasteiger partial charge in [0.15, 0.2) is 0 Å². The van der Waals surface area contributed by atoms with Crippen molar-refractivity contribution in [3.63, 3.8) is 0 Å². The summed E-state index contributed by atoms with van der Waals surface area (Å²) in [7, 11) is 0. The molecule has 1 aromatic rings. The minimum atomic E-state index is -0.0171. The van der Waals surface area contributed by atoms with Crippen molar-refractivity contribution in [1.29, 1.82) is 0 Å². The van der Waals surface area contributed by atoms with Gasteiger partial charge >= 0.3 is 0 Å². The van der Waals surface area contributed by atoms with E-state index in [1.165, 1.54) is 0 Å². The van der Waals surface area contributed by atoms with Crippen LogP contribution in [0.1, 0.15) is 6.92 Å². The Morgan fingerprint density at radius 2 is 1.89 bits per heavy atom. The molecule has 1 saturated heterocycles. The summed E-state index contributed by atoms with van der Waals surface area (Å²) in [6, 6.07) is 0. The number of nitrogens with zero attached hydrogens (tertiary/aromatic N) is 4. The summed E-state index contributed by atoms with van der Waals surface area (Å²) < 4.78 is 1.67. The Morgan fingerprint density at radius 3 is 2.50 bits per heavy atom. The molecule has 0 saturated carbocycles. The maximum Gasteiger partial charge on any atom is 0.242 e. The van der Waals surface area contributed by atoms with E-state index in [4.69, 9.17) is 5.73 Å². The van der Waals surface area contributed by atoms with E-state index in [9.17, 15) is 9.59 Å². The molecule has 0 atom stereocenters.